The van der Waals surface area contributed by atoms with E-state index in [2.05, 4.69) is 5.32 Å². The first-order valence-electron chi connectivity index (χ1n) is 7.10. The van der Waals surface area contributed by atoms with Gasteiger partial charge in [-0.3, -0.25) is 0 Å². The average molecular weight is 299 g/mol. The zero-order chi connectivity index (χ0) is 15.5. The lowest BCUT2D eigenvalue weighted by Gasteiger charge is -2.19. The van der Waals surface area contributed by atoms with E-state index in [-0.39, 0.29) is 0 Å². The van der Waals surface area contributed by atoms with Gasteiger partial charge in [0, 0.05) is 12.2 Å². The summed E-state index contributed by atoms with van der Waals surface area (Å²) in [5.74, 6) is 0.598. The number of rotatable bonds is 4. The van der Waals surface area contributed by atoms with Crippen molar-refractivity contribution in [1.82, 2.24) is 0 Å². The minimum absolute atomic E-state index is 0.312. The van der Waals surface area contributed by atoms with Crippen molar-refractivity contribution in [1.29, 1.82) is 0 Å². The molecule has 0 aromatic heterocycles. The smallest absolute Gasteiger partial charge is 0.336 e. The second-order valence-corrected chi connectivity index (χ2v) is 5.11. The summed E-state index contributed by atoms with van der Waals surface area (Å²) in [6, 6.07) is 11.0. The fraction of sp³-hybridized carbons (Fsp3) is 0.235. The van der Waals surface area contributed by atoms with E-state index < -0.39 is 5.97 Å². The molecule has 114 valence electrons. The van der Waals surface area contributed by atoms with Crippen LogP contribution in [0.4, 0.5) is 5.69 Å². The van der Waals surface area contributed by atoms with Crippen LogP contribution in [0.15, 0.2) is 36.4 Å². The molecule has 0 amide bonds. The van der Waals surface area contributed by atoms with Crippen LogP contribution >= 0.6 is 0 Å². The third-order valence-electron chi connectivity index (χ3n) is 3.65. The molecule has 1 aliphatic rings. The molecule has 2 aromatic carbocycles. The van der Waals surface area contributed by atoms with Crippen molar-refractivity contribution < 1.29 is 19.4 Å². The highest BCUT2D eigenvalue weighted by molar-refractivity contribution is 5.91. The predicted octanol–water partition coefficient (Wildman–Crippen LogP) is 3.08. The van der Waals surface area contributed by atoms with E-state index in [9.17, 15) is 4.79 Å². The number of nitrogens with one attached hydrogen (secondary N) is 1. The maximum atomic E-state index is 11.2. The third-order valence-corrected chi connectivity index (χ3v) is 3.65. The summed E-state index contributed by atoms with van der Waals surface area (Å²) in [5.41, 5.74) is 2.90. The molecule has 0 unspecified atom stereocenters. The van der Waals surface area contributed by atoms with Gasteiger partial charge in [0.2, 0.25) is 0 Å². The van der Waals surface area contributed by atoms with Crippen molar-refractivity contribution in [2.24, 2.45) is 0 Å². The zero-order valence-corrected chi connectivity index (χ0v) is 12.3. The van der Waals surface area contributed by atoms with Gasteiger partial charge in [-0.1, -0.05) is 12.1 Å². The van der Waals surface area contributed by atoms with Gasteiger partial charge in [-0.2, -0.15) is 0 Å². The molecule has 1 aliphatic heterocycles. The van der Waals surface area contributed by atoms with Gasteiger partial charge in [-0.25, -0.2) is 4.79 Å². The topological polar surface area (TPSA) is 67.8 Å². The van der Waals surface area contributed by atoms with Crippen LogP contribution < -0.4 is 14.8 Å². The molecule has 0 atom stereocenters. The van der Waals surface area contributed by atoms with Gasteiger partial charge in [0.15, 0.2) is 11.5 Å². The molecule has 5 heteroatoms. The quantitative estimate of drug-likeness (QED) is 0.908. The van der Waals surface area contributed by atoms with Gasteiger partial charge in [0.25, 0.3) is 0 Å². The largest absolute Gasteiger partial charge is 0.486 e. The lowest BCUT2D eigenvalue weighted by molar-refractivity contribution is 0.0696. The number of carboxylic acid groups (broad SMARTS) is 1. The Bertz CT molecular complexity index is 712. The van der Waals surface area contributed by atoms with E-state index in [1.165, 1.54) is 0 Å². The second-order valence-electron chi connectivity index (χ2n) is 5.11. The zero-order valence-electron chi connectivity index (χ0n) is 12.3. The van der Waals surface area contributed by atoms with Crippen LogP contribution in [0, 0.1) is 6.92 Å². The van der Waals surface area contributed by atoms with Crippen LogP contribution in [0.3, 0.4) is 0 Å². The van der Waals surface area contributed by atoms with Crippen LogP contribution in [0.25, 0.3) is 0 Å². The van der Waals surface area contributed by atoms with Crippen LogP contribution in [0.2, 0.25) is 0 Å². The summed E-state index contributed by atoms with van der Waals surface area (Å²) >= 11 is 0. The SMILES string of the molecule is Cc1c(NCc2ccc3c(c2)OCCO3)cccc1C(=O)O. The van der Waals surface area contributed by atoms with Crippen LogP contribution in [-0.2, 0) is 6.54 Å². The minimum atomic E-state index is -0.916. The Morgan fingerprint density at radius 1 is 1.18 bits per heavy atom. The summed E-state index contributed by atoms with van der Waals surface area (Å²) in [7, 11) is 0. The molecule has 5 nitrogen and oxygen atoms in total. The number of hydrogen-bond donors (Lipinski definition) is 2. The number of ether oxygens (including phenoxy) is 2. The van der Waals surface area contributed by atoms with Gasteiger partial charge in [0.1, 0.15) is 13.2 Å². The van der Waals surface area contributed by atoms with Crippen molar-refractivity contribution in [2.75, 3.05) is 18.5 Å². The van der Waals surface area contributed by atoms with Crippen molar-refractivity contribution in [2.45, 2.75) is 13.5 Å². The summed E-state index contributed by atoms with van der Waals surface area (Å²) in [5, 5.41) is 12.4. The number of carbonyl (C=O) groups is 1. The fourth-order valence-electron chi connectivity index (χ4n) is 2.45. The van der Waals surface area contributed by atoms with E-state index >= 15 is 0 Å². The van der Waals surface area contributed by atoms with E-state index in [4.69, 9.17) is 14.6 Å². The first-order valence-corrected chi connectivity index (χ1v) is 7.10. The molecular weight excluding hydrogens is 282 g/mol. The Hall–Kier alpha value is -2.69. The number of anilines is 1. The lowest BCUT2D eigenvalue weighted by atomic mass is 10.1. The maximum Gasteiger partial charge on any atom is 0.336 e. The highest BCUT2D eigenvalue weighted by Crippen LogP contribution is 2.31. The van der Waals surface area contributed by atoms with Gasteiger partial charge in [-0.05, 0) is 42.3 Å². The molecule has 0 saturated heterocycles. The van der Waals surface area contributed by atoms with Crippen molar-refractivity contribution in [3.05, 3.63) is 53.1 Å². The molecule has 3 rings (SSSR count). The molecule has 0 fully saturated rings. The first-order chi connectivity index (χ1) is 10.6. The third kappa shape index (κ3) is 2.83. The summed E-state index contributed by atoms with van der Waals surface area (Å²) in [6.07, 6.45) is 0. The monoisotopic (exact) mass is 299 g/mol. The second kappa shape index (κ2) is 5.97. The van der Waals surface area contributed by atoms with E-state index in [1.807, 2.05) is 24.3 Å². The molecule has 2 aromatic rings. The average Bonchev–Trinajstić information content (AvgIpc) is 2.53. The van der Waals surface area contributed by atoms with Crippen LogP contribution in [0.5, 0.6) is 11.5 Å². The molecular formula is C17H17NO4. The Kier molecular flexibility index (Phi) is 3.87. The van der Waals surface area contributed by atoms with Gasteiger partial charge < -0.3 is 19.9 Å². The van der Waals surface area contributed by atoms with E-state index in [0.717, 1.165) is 28.3 Å². The Morgan fingerprint density at radius 2 is 1.95 bits per heavy atom. The Morgan fingerprint density at radius 3 is 2.73 bits per heavy atom. The number of benzene rings is 2. The molecule has 0 radical (unpaired) electrons. The van der Waals surface area contributed by atoms with Gasteiger partial charge >= 0.3 is 5.97 Å². The van der Waals surface area contributed by atoms with E-state index in [1.54, 1.807) is 19.1 Å². The highest BCUT2D eigenvalue weighted by atomic mass is 16.6. The number of carboxylic acids is 1. The number of fused-ring (bicyclic) bond motifs is 1. The van der Waals surface area contributed by atoms with Crippen molar-refractivity contribution in [3.63, 3.8) is 0 Å². The predicted molar refractivity (Wildman–Crippen MR) is 82.9 cm³/mol. The maximum absolute atomic E-state index is 11.2. The van der Waals surface area contributed by atoms with Gasteiger partial charge in [0.05, 0.1) is 5.56 Å². The molecule has 0 aliphatic carbocycles. The Labute approximate surface area is 128 Å². The highest BCUT2D eigenvalue weighted by Gasteiger charge is 2.12. The molecule has 2 N–H and O–H groups in total. The lowest BCUT2D eigenvalue weighted by Crippen LogP contribution is -2.15. The molecule has 0 saturated carbocycles. The van der Waals surface area contributed by atoms with E-state index in [0.29, 0.717) is 25.3 Å². The van der Waals surface area contributed by atoms with Crippen molar-refractivity contribution >= 4 is 11.7 Å². The van der Waals surface area contributed by atoms with Crippen LogP contribution in [-0.4, -0.2) is 24.3 Å². The molecule has 22 heavy (non-hydrogen) atoms. The summed E-state index contributed by atoms with van der Waals surface area (Å²) < 4.78 is 11.1. The number of aromatic carboxylic acids is 1. The summed E-state index contributed by atoms with van der Waals surface area (Å²) in [6.45, 7) is 3.52. The first kappa shape index (κ1) is 14.3. The van der Waals surface area contributed by atoms with Crippen LogP contribution in [0.1, 0.15) is 21.5 Å². The molecule has 0 spiro atoms. The number of hydrogen-bond acceptors (Lipinski definition) is 4. The standard InChI is InChI=1S/C17H17NO4/c1-11-13(17(19)20)3-2-4-14(11)18-10-12-5-6-15-16(9-12)22-8-7-21-15/h2-6,9,18H,7-8,10H2,1H3,(H,19,20). The normalized spacial score (nSPS) is 12.8. The summed E-state index contributed by atoms with van der Waals surface area (Å²) in [4.78, 5) is 11.2. The fourth-order valence-corrected chi connectivity index (χ4v) is 2.45. The molecule has 0 bridgehead atoms. The van der Waals surface area contributed by atoms with Gasteiger partial charge in [-0.15, -0.1) is 0 Å². The van der Waals surface area contributed by atoms with Crippen molar-refractivity contribution in [3.8, 4) is 11.5 Å². The Balaban J connectivity index is 1.75. The molecule has 1 heterocycles. The minimum Gasteiger partial charge on any atom is -0.486 e.